The highest BCUT2D eigenvalue weighted by Crippen LogP contribution is 2.33. The van der Waals surface area contributed by atoms with Crippen molar-refractivity contribution in [2.24, 2.45) is 0 Å². The number of carbonyl (C=O) groups excluding carboxylic acids is 3. The normalized spacial score (nSPS) is 18.4. The minimum Gasteiger partial charge on any atom is -0.377 e. The van der Waals surface area contributed by atoms with Crippen LogP contribution in [0.25, 0.3) is 11.4 Å². The van der Waals surface area contributed by atoms with E-state index in [0.717, 1.165) is 36.1 Å². The summed E-state index contributed by atoms with van der Waals surface area (Å²) < 4.78 is 22.0. The number of unbranched alkanes of at least 4 members (excludes halogenated alkanes) is 1. The van der Waals surface area contributed by atoms with Gasteiger partial charge in [-0.3, -0.25) is 9.59 Å². The lowest BCUT2D eigenvalue weighted by molar-refractivity contribution is -0.122. The number of nitrogens with zero attached hydrogens (tertiary/aromatic N) is 4. The van der Waals surface area contributed by atoms with Gasteiger partial charge < -0.3 is 40.2 Å². The summed E-state index contributed by atoms with van der Waals surface area (Å²) in [4.78, 5) is 35.7. The van der Waals surface area contributed by atoms with Crippen molar-refractivity contribution in [1.82, 2.24) is 41.7 Å². The molecule has 1 aromatic carbocycles. The van der Waals surface area contributed by atoms with Gasteiger partial charge in [0.2, 0.25) is 17.6 Å². The van der Waals surface area contributed by atoms with Crippen LogP contribution in [0.1, 0.15) is 37.1 Å². The molecule has 0 bridgehead atoms. The third-order valence-electron chi connectivity index (χ3n) is 7.49. The minimum atomic E-state index is -0.0855. The largest absolute Gasteiger partial charge is 0.377 e. The average Bonchev–Trinajstić information content (AvgIpc) is 3.62. The van der Waals surface area contributed by atoms with Crippen LogP contribution in [0.15, 0.2) is 24.3 Å². The maximum absolute atomic E-state index is 12.2. The summed E-state index contributed by atoms with van der Waals surface area (Å²) in [6, 6.07) is 7.80. The molecular weight excluding hydrogens is 628 g/mol. The van der Waals surface area contributed by atoms with Crippen LogP contribution in [0.3, 0.4) is 0 Å². The number of aromatic nitrogens is 4. The van der Waals surface area contributed by atoms with Gasteiger partial charge in [0.15, 0.2) is 5.82 Å². The molecular formula is C31H46N8O7S. The molecule has 0 spiro atoms. The Morgan fingerprint density at radius 1 is 0.809 bits per heavy atom. The van der Waals surface area contributed by atoms with Gasteiger partial charge in [-0.2, -0.15) is 11.8 Å². The van der Waals surface area contributed by atoms with Gasteiger partial charge in [0.1, 0.15) is 0 Å². The molecule has 0 aliphatic carbocycles. The Labute approximate surface area is 279 Å². The Kier molecular flexibility index (Phi) is 16.0. The first-order valence-electron chi connectivity index (χ1n) is 16.1. The van der Waals surface area contributed by atoms with Gasteiger partial charge in [-0.05, 0) is 25.3 Å². The lowest BCUT2D eigenvalue weighted by Crippen LogP contribution is -2.36. The molecule has 3 heterocycles. The van der Waals surface area contributed by atoms with E-state index in [9.17, 15) is 14.4 Å². The number of aryl methyl sites for hydroxylation is 1. The second-order valence-corrected chi connectivity index (χ2v) is 12.4. The van der Waals surface area contributed by atoms with Crippen LogP contribution >= 0.6 is 11.8 Å². The Morgan fingerprint density at radius 3 is 2.04 bits per heavy atom. The summed E-state index contributed by atoms with van der Waals surface area (Å²) in [6.45, 7) is 6.10. The second-order valence-electron chi connectivity index (χ2n) is 11.2. The van der Waals surface area contributed by atoms with Crippen LogP contribution in [0.4, 0.5) is 4.79 Å². The molecule has 0 unspecified atom stereocenters. The van der Waals surface area contributed by atoms with Crippen molar-refractivity contribution in [1.29, 1.82) is 0 Å². The second kappa shape index (κ2) is 20.7. The summed E-state index contributed by atoms with van der Waals surface area (Å²) in [5.74, 6) is 1.86. The number of amides is 4. The summed E-state index contributed by atoms with van der Waals surface area (Å²) in [7, 11) is 0. The van der Waals surface area contributed by atoms with Crippen molar-refractivity contribution < 1.29 is 33.3 Å². The van der Waals surface area contributed by atoms with E-state index in [1.54, 1.807) is 6.92 Å². The Balaban J connectivity index is 0.858. The van der Waals surface area contributed by atoms with Crippen LogP contribution in [0.5, 0.6) is 0 Å². The maximum atomic E-state index is 12.2. The van der Waals surface area contributed by atoms with E-state index >= 15 is 0 Å². The molecule has 2 aliphatic rings. The van der Waals surface area contributed by atoms with E-state index in [1.807, 2.05) is 36.0 Å². The number of thioether (sulfide) groups is 1. The molecule has 2 saturated heterocycles. The molecule has 0 radical (unpaired) electrons. The highest BCUT2D eigenvalue weighted by Gasteiger charge is 2.42. The number of nitrogens with one attached hydrogen (secondary N) is 4. The molecule has 15 nitrogen and oxygen atoms in total. The lowest BCUT2D eigenvalue weighted by atomic mass is 10.0. The van der Waals surface area contributed by atoms with Crippen molar-refractivity contribution in [2.75, 3.05) is 71.7 Å². The van der Waals surface area contributed by atoms with E-state index < -0.39 is 0 Å². The molecule has 47 heavy (non-hydrogen) atoms. The molecule has 2 aromatic rings. The fourth-order valence-electron chi connectivity index (χ4n) is 5.06. The number of carbonyl (C=O) groups is 3. The smallest absolute Gasteiger partial charge is 0.315 e. The molecule has 16 heteroatoms. The third-order valence-corrected chi connectivity index (χ3v) is 9.00. The zero-order valence-corrected chi connectivity index (χ0v) is 27.7. The number of benzene rings is 1. The van der Waals surface area contributed by atoms with Gasteiger partial charge in [-0.15, -0.1) is 20.4 Å². The van der Waals surface area contributed by atoms with Gasteiger partial charge in [0.25, 0.3) is 0 Å². The SMILES string of the molecule is Cc1nnc(-c2ccc(CC(=O)NCCOCCOCCOCCOCCNC(=O)CCCC[C@@H]3SC[C@@H]4NC(=O)N[C@@H]43)cc2)nn1. The molecule has 0 saturated carbocycles. The standard InChI is InChI=1S/C31H46N8O7S/c1-22-36-38-30(39-37-22)24-8-6-23(7-9-24)20-28(41)33-11-13-44-15-17-46-19-18-45-16-14-43-12-10-32-27(40)5-3-2-4-26-29-25(21-47-26)34-31(42)35-29/h6-9,25-26,29H,2-5,10-21H2,1H3,(H,32,40)(H,33,41)(H2,34,35,42)/t25-,26-,29-/m0/s1. The monoisotopic (exact) mass is 674 g/mol. The van der Waals surface area contributed by atoms with Gasteiger partial charge >= 0.3 is 6.03 Å². The van der Waals surface area contributed by atoms with Gasteiger partial charge in [0, 0.05) is 36.1 Å². The molecule has 4 rings (SSSR count). The third kappa shape index (κ3) is 13.7. The summed E-state index contributed by atoms with van der Waals surface area (Å²) in [6.07, 6.45) is 3.58. The maximum Gasteiger partial charge on any atom is 0.315 e. The fourth-order valence-corrected chi connectivity index (χ4v) is 6.61. The molecule has 4 N–H and O–H groups in total. The summed E-state index contributed by atoms with van der Waals surface area (Å²) in [5.41, 5.74) is 1.66. The van der Waals surface area contributed by atoms with E-state index in [0.29, 0.717) is 89.3 Å². The fraction of sp³-hybridized carbons (Fsp3) is 0.645. The van der Waals surface area contributed by atoms with E-state index in [-0.39, 0.29) is 36.3 Å². The Morgan fingerprint density at radius 2 is 1.40 bits per heavy atom. The Hall–Kier alpha value is -3.44. The van der Waals surface area contributed by atoms with Crippen molar-refractivity contribution in [3.8, 4) is 11.4 Å². The summed E-state index contributed by atoms with van der Waals surface area (Å²) in [5, 5.41) is 27.9. The highest BCUT2D eigenvalue weighted by atomic mass is 32.2. The molecule has 1 aromatic heterocycles. The quantitative estimate of drug-likeness (QED) is 0.0961. The average molecular weight is 675 g/mol. The van der Waals surface area contributed by atoms with Crippen LogP contribution in [0, 0.1) is 6.92 Å². The molecule has 3 atom stereocenters. The van der Waals surface area contributed by atoms with Gasteiger partial charge in [-0.1, -0.05) is 30.7 Å². The molecule has 258 valence electrons. The zero-order valence-electron chi connectivity index (χ0n) is 26.9. The topological polar surface area (TPSA) is 188 Å². The molecule has 2 aliphatic heterocycles. The molecule has 2 fully saturated rings. The first kappa shape index (κ1) is 36.4. The van der Waals surface area contributed by atoms with Gasteiger partial charge in [-0.25, -0.2) is 4.79 Å². The molecule has 4 amide bonds. The van der Waals surface area contributed by atoms with E-state index in [2.05, 4.69) is 41.7 Å². The Bertz CT molecular complexity index is 1240. The van der Waals surface area contributed by atoms with E-state index in [1.165, 1.54) is 0 Å². The van der Waals surface area contributed by atoms with Crippen LogP contribution in [-0.4, -0.2) is 127 Å². The van der Waals surface area contributed by atoms with Crippen molar-refractivity contribution >= 4 is 29.6 Å². The number of hydrogen-bond donors (Lipinski definition) is 4. The van der Waals surface area contributed by atoms with Crippen molar-refractivity contribution in [2.45, 2.75) is 56.4 Å². The predicted octanol–water partition coefficient (Wildman–Crippen LogP) is 0.809. The first-order chi connectivity index (χ1) is 23.0. The zero-order chi connectivity index (χ0) is 33.1. The van der Waals surface area contributed by atoms with Crippen LogP contribution in [0.2, 0.25) is 0 Å². The lowest BCUT2D eigenvalue weighted by Gasteiger charge is -2.16. The van der Waals surface area contributed by atoms with E-state index in [4.69, 9.17) is 18.9 Å². The number of rotatable bonds is 23. The number of fused-ring (bicyclic) bond motifs is 1. The number of ether oxygens (including phenoxy) is 4. The van der Waals surface area contributed by atoms with Crippen molar-refractivity contribution in [3.63, 3.8) is 0 Å². The van der Waals surface area contributed by atoms with Crippen LogP contribution < -0.4 is 21.3 Å². The van der Waals surface area contributed by atoms with Crippen molar-refractivity contribution in [3.05, 3.63) is 35.7 Å². The first-order valence-corrected chi connectivity index (χ1v) is 17.2. The number of urea groups is 1. The minimum absolute atomic E-state index is 0.0351. The highest BCUT2D eigenvalue weighted by molar-refractivity contribution is 8.00. The van der Waals surface area contributed by atoms with Crippen LogP contribution in [-0.2, 0) is 35.0 Å². The van der Waals surface area contributed by atoms with Gasteiger partial charge in [0.05, 0.1) is 71.4 Å². The predicted molar refractivity (Wildman–Crippen MR) is 175 cm³/mol. The summed E-state index contributed by atoms with van der Waals surface area (Å²) >= 11 is 1.90. The number of hydrogen-bond acceptors (Lipinski definition) is 12.